The van der Waals surface area contributed by atoms with E-state index in [1.165, 1.54) is 6.07 Å². The fourth-order valence-electron chi connectivity index (χ4n) is 1.61. The topological polar surface area (TPSA) is 27.1 Å². The molecule has 1 aromatic heterocycles. The van der Waals surface area contributed by atoms with E-state index >= 15 is 0 Å². The molecule has 0 atom stereocenters. The number of hydrogen-bond acceptors (Lipinski definition) is 2. The maximum absolute atomic E-state index is 13.4. The molecule has 0 spiro atoms. The van der Waals surface area contributed by atoms with Crippen LogP contribution in [-0.2, 0) is 12.9 Å². The summed E-state index contributed by atoms with van der Waals surface area (Å²) in [5.41, 5.74) is 1.61. The van der Waals surface area contributed by atoms with Crippen LogP contribution in [0.1, 0.15) is 11.3 Å². The highest BCUT2D eigenvalue weighted by Gasteiger charge is 2.15. The van der Waals surface area contributed by atoms with Gasteiger partial charge in [0, 0.05) is 13.1 Å². The van der Waals surface area contributed by atoms with Gasteiger partial charge in [-0.15, -0.1) is 11.6 Å². The first-order valence-electron chi connectivity index (χ1n) is 5.24. The van der Waals surface area contributed by atoms with Gasteiger partial charge in [-0.25, -0.2) is 9.07 Å². The molecule has 1 heterocycles. The second-order valence-corrected chi connectivity index (χ2v) is 4.93. The average molecular weight is 334 g/mol. The van der Waals surface area contributed by atoms with Crippen molar-refractivity contribution in [3.63, 3.8) is 0 Å². The van der Waals surface area contributed by atoms with E-state index in [0.29, 0.717) is 22.0 Å². The maximum atomic E-state index is 13.4. The Hall–Kier alpha value is -1.07. The van der Waals surface area contributed by atoms with Gasteiger partial charge in [0.05, 0.1) is 21.6 Å². The van der Waals surface area contributed by atoms with Crippen LogP contribution in [0.5, 0.6) is 11.6 Å². The van der Waals surface area contributed by atoms with Gasteiger partial charge < -0.3 is 4.74 Å². The van der Waals surface area contributed by atoms with Crippen LogP contribution >= 0.6 is 27.5 Å². The standard InChI is InChI=1S/C12H11BrClFN2O/c1-7-9(6-14)12(17(2)16-7)18-8-3-4-10(13)11(15)5-8/h3-5H,6H2,1-2H3. The number of alkyl halides is 1. The second kappa shape index (κ2) is 5.28. The van der Waals surface area contributed by atoms with Crippen molar-refractivity contribution >= 4 is 27.5 Å². The largest absolute Gasteiger partial charge is 0.439 e. The summed E-state index contributed by atoms with van der Waals surface area (Å²) in [6.45, 7) is 1.85. The molecule has 3 nitrogen and oxygen atoms in total. The third-order valence-corrected chi connectivity index (χ3v) is 3.44. The zero-order valence-electron chi connectivity index (χ0n) is 9.88. The summed E-state index contributed by atoms with van der Waals surface area (Å²) >= 11 is 8.95. The van der Waals surface area contributed by atoms with Gasteiger partial charge in [0.15, 0.2) is 0 Å². The molecule has 6 heteroatoms. The molecule has 0 radical (unpaired) electrons. The van der Waals surface area contributed by atoms with Crippen molar-refractivity contribution in [3.05, 3.63) is 39.7 Å². The zero-order chi connectivity index (χ0) is 13.3. The first-order chi connectivity index (χ1) is 8.52. The summed E-state index contributed by atoms with van der Waals surface area (Å²) < 4.78 is 21.0. The smallest absolute Gasteiger partial charge is 0.222 e. The first kappa shape index (κ1) is 13.4. The quantitative estimate of drug-likeness (QED) is 0.789. The van der Waals surface area contributed by atoms with Crippen LogP contribution < -0.4 is 4.74 Å². The second-order valence-electron chi connectivity index (χ2n) is 3.80. The minimum absolute atomic E-state index is 0.300. The highest BCUT2D eigenvalue weighted by molar-refractivity contribution is 9.10. The Kier molecular flexibility index (Phi) is 3.92. The molecule has 1 aromatic carbocycles. The zero-order valence-corrected chi connectivity index (χ0v) is 12.2. The van der Waals surface area contributed by atoms with Crippen molar-refractivity contribution in [2.24, 2.45) is 7.05 Å². The molecule has 96 valence electrons. The molecule has 18 heavy (non-hydrogen) atoms. The van der Waals surface area contributed by atoms with Crippen LogP contribution in [0.25, 0.3) is 0 Å². The molecule has 0 amide bonds. The fourth-order valence-corrected chi connectivity index (χ4v) is 2.17. The highest BCUT2D eigenvalue weighted by atomic mass is 79.9. The van der Waals surface area contributed by atoms with Gasteiger partial charge in [-0.05, 0) is 35.0 Å². The van der Waals surface area contributed by atoms with Crippen molar-refractivity contribution in [2.75, 3.05) is 0 Å². The molecule has 0 unspecified atom stereocenters. The van der Waals surface area contributed by atoms with Crippen molar-refractivity contribution in [3.8, 4) is 11.6 Å². The lowest BCUT2D eigenvalue weighted by molar-refractivity contribution is 0.424. The van der Waals surface area contributed by atoms with E-state index in [1.807, 2.05) is 6.92 Å². The van der Waals surface area contributed by atoms with Gasteiger partial charge in [-0.1, -0.05) is 0 Å². The average Bonchev–Trinajstić information content (AvgIpc) is 2.58. The molecule has 2 rings (SSSR count). The van der Waals surface area contributed by atoms with Crippen LogP contribution in [0, 0.1) is 12.7 Å². The van der Waals surface area contributed by atoms with Crippen molar-refractivity contribution in [2.45, 2.75) is 12.8 Å². The number of aryl methyl sites for hydroxylation is 2. The van der Waals surface area contributed by atoms with E-state index < -0.39 is 0 Å². The lowest BCUT2D eigenvalue weighted by Gasteiger charge is -2.08. The molecule has 0 saturated carbocycles. The summed E-state index contributed by atoms with van der Waals surface area (Å²) in [5.74, 6) is 0.863. The van der Waals surface area contributed by atoms with Crippen molar-refractivity contribution in [1.29, 1.82) is 0 Å². The van der Waals surface area contributed by atoms with Gasteiger partial charge in [-0.2, -0.15) is 5.10 Å². The monoisotopic (exact) mass is 332 g/mol. The van der Waals surface area contributed by atoms with Gasteiger partial charge in [-0.3, -0.25) is 0 Å². The number of halogens is 3. The molecule has 0 aliphatic heterocycles. The molecule has 0 saturated heterocycles. The lowest BCUT2D eigenvalue weighted by Crippen LogP contribution is -1.96. The Labute approximate surface area is 118 Å². The summed E-state index contributed by atoms with van der Waals surface area (Å²) in [4.78, 5) is 0. The van der Waals surface area contributed by atoms with Crippen molar-refractivity contribution in [1.82, 2.24) is 9.78 Å². The first-order valence-corrected chi connectivity index (χ1v) is 6.57. The minimum atomic E-state index is -0.376. The summed E-state index contributed by atoms with van der Waals surface area (Å²) in [5, 5.41) is 4.22. The minimum Gasteiger partial charge on any atom is -0.439 e. The predicted molar refractivity (Wildman–Crippen MR) is 71.7 cm³/mol. The summed E-state index contributed by atoms with van der Waals surface area (Å²) in [6.07, 6.45) is 0. The van der Waals surface area contributed by atoms with Crippen LogP contribution in [0.3, 0.4) is 0 Å². The number of nitrogens with zero attached hydrogens (tertiary/aromatic N) is 2. The van der Waals surface area contributed by atoms with Gasteiger partial charge in [0.1, 0.15) is 11.6 Å². The summed E-state index contributed by atoms with van der Waals surface area (Å²) in [7, 11) is 1.76. The van der Waals surface area contributed by atoms with E-state index in [-0.39, 0.29) is 5.82 Å². The Morgan fingerprint density at radius 3 is 2.83 bits per heavy atom. The van der Waals surface area contributed by atoms with E-state index in [0.717, 1.165) is 11.3 Å². The molecular weight excluding hydrogens is 322 g/mol. The van der Waals surface area contributed by atoms with Crippen LogP contribution in [-0.4, -0.2) is 9.78 Å². The molecule has 0 N–H and O–H groups in total. The lowest BCUT2D eigenvalue weighted by atomic mass is 10.3. The Balaban J connectivity index is 2.36. The number of hydrogen-bond donors (Lipinski definition) is 0. The highest BCUT2D eigenvalue weighted by Crippen LogP contribution is 2.30. The molecule has 2 aromatic rings. The molecule has 0 fully saturated rings. The third-order valence-electron chi connectivity index (χ3n) is 2.53. The van der Waals surface area contributed by atoms with Crippen LogP contribution in [0.2, 0.25) is 0 Å². The SMILES string of the molecule is Cc1nn(C)c(Oc2ccc(Br)c(F)c2)c1CCl. The molecule has 0 bridgehead atoms. The molecule has 0 aliphatic carbocycles. The number of ether oxygens (including phenoxy) is 1. The van der Waals surface area contributed by atoms with Crippen LogP contribution in [0.15, 0.2) is 22.7 Å². The van der Waals surface area contributed by atoms with Crippen LogP contribution in [0.4, 0.5) is 4.39 Å². The number of rotatable bonds is 3. The molecule has 0 aliphatic rings. The number of benzene rings is 1. The summed E-state index contributed by atoms with van der Waals surface area (Å²) in [6, 6.07) is 4.58. The van der Waals surface area contributed by atoms with E-state index in [1.54, 1.807) is 23.9 Å². The van der Waals surface area contributed by atoms with Crippen molar-refractivity contribution < 1.29 is 9.13 Å². The maximum Gasteiger partial charge on any atom is 0.222 e. The number of aromatic nitrogens is 2. The van der Waals surface area contributed by atoms with E-state index in [9.17, 15) is 4.39 Å². The predicted octanol–water partition coefficient (Wildman–Crippen LogP) is 4.16. The van der Waals surface area contributed by atoms with E-state index in [2.05, 4.69) is 21.0 Å². The van der Waals surface area contributed by atoms with Gasteiger partial charge >= 0.3 is 0 Å². The van der Waals surface area contributed by atoms with Gasteiger partial charge in [0.25, 0.3) is 0 Å². The van der Waals surface area contributed by atoms with Gasteiger partial charge in [0.2, 0.25) is 5.88 Å². The fraction of sp³-hybridized carbons (Fsp3) is 0.250. The molecular formula is C12H11BrClFN2O. The van der Waals surface area contributed by atoms with E-state index in [4.69, 9.17) is 16.3 Å². The normalized spacial score (nSPS) is 10.7. The Bertz CT molecular complexity index is 586. The third kappa shape index (κ3) is 2.52. The Morgan fingerprint density at radius 2 is 2.22 bits per heavy atom. The Morgan fingerprint density at radius 1 is 1.50 bits per heavy atom.